The highest BCUT2D eigenvalue weighted by Gasteiger charge is 2.46. The summed E-state index contributed by atoms with van der Waals surface area (Å²) in [4.78, 5) is 54.5. The van der Waals surface area contributed by atoms with Gasteiger partial charge >= 0.3 is 12.2 Å². The summed E-state index contributed by atoms with van der Waals surface area (Å²) in [6.07, 6.45) is -2.56. The number of carbonyl (C=O) groups excluding carboxylic acids is 4. The van der Waals surface area contributed by atoms with Crippen LogP contribution in [0.5, 0.6) is 0 Å². The average Bonchev–Trinajstić information content (AvgIpc) is 2.91. The Morgan fingerprint density at radius 1 is 0.909 bits per heavy atom. The van der Waals surface area contributed by atoms with Gasteiger partial charge in [-0.15, -0.1) is 0 Å². The van der Waals surface area contributed by atoms with E-state index in [4.69, 9.17) is 9.47 Å². The number of rotatable bonds is 9. The standard InChI is InChI=1S/C33H46N4O7/c1-22(38)35-26(19-24-14-11-15-25(18-24)20-34-30(41)43-32(2,3)4)28(39)27-29(40)36(21-23-12-9-8-10-13-23)16-17-37(27)31(42)44-33(5,6)7/h8-15,18,26-28,39H,16-17,19-21H2,1-7H3,(H,34,41)(H,35,38)/t26-,27-,28-/m0/s1. The highest BCUT2D eigenvalue weighted by Crippen LogP contribution is 2.24. The van der Waals surface area contributed by atoms with E-state index in [9.17, 15) is 24.3 Å². The molecule has 2 aromatic carbocycles. The van der Waals surface area contributed by atoms with Crippen molar-refractivity contribution in [1.29, 1.82) is 0 Å². The molecule has 44 heavy (non-hydrogen) atoms. The Balaban J connectivity index is 1.86. The maximum Gasteiger partial charge on any atom is 0.411 e. The monoisotopic (exact) mass is 610 g/mol. The SMILES string of the molecule is CC(=O)N[C@@H](Cc1cccc(CNC(=O)OC(C)(C)C)c1)[C@H](O)[C@H]1C(=O)N(Cc2ccccc2)CCN1C(=O)OC(C)(C)C. The number of carbonyl (C=O) groups is 4. The van der Waals surface area contributed by atoms with Crippen LogP contribution in [0.15, 0.2) is 54.6 Å². The predicted octanol–water partition coefficient (Wildman–Crippen LogP) is 3.77. The number of nitrogens with one attached hydrogen (secondary N) is 2. The van der Waals surface area contributed by atoms with Gasteiger partial charge in [0.05, 0.1) is 6.04 Å². The molecule has 11 heteroatoms. The quantitative estimate of drug-likeness (QED) is 0.393. The van der Waals surface area contributed by atoms with Gasteiger partial charge in [-0.2, -0.15) is 0 Å². The van der Waals surface area contributed by atoms with Gasteiger partial charge in [0.25, 0.3) is 0 Å². The molecule has 0 spiro atoms. The number of hydrogen-bond donors (Lipinski definition) is 3. The van der Waals surface area contributed by atoms with Crippen molar-refractivity contribution in [3.63, 3.8) is 0 Å². The minimum atomic E-state index is -1.46. The summed E-state index contributed by atoms with van der Waals surface area (Å²) in [5.74, 6) is -0.839. The Labute approximate surface area is 259 Å². The number of hydrogen-bond acceptors (Lipinski definition) is 7. The van der Waals surface area contributed by atoms with E-state index in [1.165, 1.54) is 11.8 Å². The number of piperazine rings is 1. The Hall–Kier alpha value is -4.12. The van der Waals surface area contributed by atoms with Gasteiger partial charge in [0, 0.05) is 33.1 Å². The summed E-state index contributed by atoms with van der Waals surface area (Å²) in [5, 5.41) is 17.3. The number of aliphatic hydroxyl groups excluding tert-OH is 1. The second-order valence-electron chi connectivity index (χ2n) is 13.0. The molecule has 1 saturated heterocycles. The molecular weight excluding hydrogens is 564 g/mol. The van der Waals surface area contributed by atoms with Crippen molar-refractivity contribution in [1.82, 2.24) is 20.4 Å². The van der Waals surface area contributed by atoms with Gasteiger partial charge < -0.3 is 30.1 Å². The van der Waals surface area contributed by atoms with Crippen molar-refractivity contribution in [2.24, 2.45) is 0 Å². The predicted molar refractivity (Wildman–Crippen MR) is 165 cm³/mol. The van der Waals surface area contributed by atoms with Crippen molar-refractivity contribution >= 4 is 24.0 Å². The van der Waals surface area contributed by atoms with Crippen LogP contribution < -0.4 is 10.6 Å². The molecule has 1 aliphatic rings. The zero-order valence-electron chi connectivity index (χ0n) is 26.8. The fourth-order valence-electron chi connectivity index (χ4n) is 4.96. The molecule has 4 amide bonds. The fourth-order valence-corrected chi connectivity index (χ4v) is 4.96. The topological polar surface area (TPSA) is 138 Å². The van der Waals surface area contributed by atoms with Crippen LogP contribution in [-0.2, 0) is 38.6 Å². The second kappa shape index (κ2) is 14.6. The largest absolute Gasteiger partial charge is 0.444 e. The van der Waals surface area contributed by atoms with Crippen LogP contribution in [0.2, 0.25) is 0 Å². The van der Waals surface area contributed by atoms with E-state index in [-0.39, 0.29) is 26.1 Å². The van der Waals surface area contributed by atoms with Gasteiger partial charge in [-0.05, 0) is 64.7 Å². The Morgan fingerprint density at radius 3 is 2.14 bits per heavy atom. The molecule has 240 valence electrons. The maximum absolute atomic E-state index is 13.9. The van der Waals surface area contributed by atoms with E-state index >= 15 is 0 Å². The normalized spacial score (nSPS) is 17.0. The molecule has 11 nitrogen and oxygen atoms in total. The summed E-state index contributed by atoms with van der Waals surface area (Å²) in [6.45, 7) is 12.8. The van der Waals surface area contributed by atoms with Gasteiger partial charge in [-0.25, -0.2) is 9.59 Å². The van der Waals surface area contributed by atoms with Crippen LogP contribution in [-0.4, -0.2) is 81.4 Å². The molecule has 0 aromatic heterocycles. The number of ether oxygens (including phenoxy) is 2. The fraction of sp³-hybridized carbons (Fsp3) is 0.515. The molecule has 1 fully saturated rings. The minimum Gasteiger partial charge on any atom is -0.444 e. The van der Waals surface area contributed by atoms with Crippen LogP contribution >= 0.6 is 0 Å². The first kappa shape index (κ1) is 34.4. The van der Waals surface area contributed by atoms with Crippen LogP contribution in [0.1, 0.15) is 65.2 Å². The summed E-state index contributed by atoms with van der Waals surface area (Å²) < 4.78 is 10.9. The van der Waals surface area contributed by atoms with E-state index < -0.39 is 53.4 Å². The van der Waals surface area contributed by atoms with Gasteiger partial charge in [0.1, 0.15) is 23.3 Å². The van der Waals surface area contributed by atoms with Crippen molar-refractivity contribution < 1.29 is 33.8 Å². The number of nitrogens with zero attached hydrogens (tertiary/aromatic N) is 2. The molecular formula is C33H46N4O7. The molecule has 0 unspecified atom stereocenters. The molecule has 0 bridgehead atoms. The van der Waals surface area contributed by atoms with Crippen LogP contribution in [0.3, 0.4) is 0 Å². The lowest BCUT2D eigenvalue weighted by Gasteiger charge is -2.44. The summed E-state index contributed by atoms with van der Waals surface area (Å²) >= 11 is 0. The number of benzene rings is 2. The van der Waals surface area contributed by atoms with Gasteiger partial charge in [0.15, 0.2) is 0 Å². The van der Waals surface area contributed by atoms with Crippen LogP contribution in [0.4, 0.5) is 9.59 Å². The van der Waals surface area contributed by atoms with Gasteiger partial charge in [-0.3, -0.25) is 14.5 Å². The molecule has 0 aliphatic carbocycles. The molecule has 3 rings (SSSR count). The van der Waals surface area contributed by atoms with E-state index in [1.54, 1.807) is 52.5 Å². The smallest absolute Gasteiger partial charge is 0.411 e. The van der Waals surface area contributed by atoms with Gasteiger partial charge in [-0.1, -0.05) is 54.6 Å². The van der Waals surface area contributed by atoms with Crippen molar-refractivity contribution in [2.45, 2.75) is 97.4 Å². The zero-order valence-corrected chi connectivity index (χ0v) is 26.8. The number of alkyl carbamates (subject to hydrolysis) is 1. The Kier molecular flexibility index (Phi) is 11.4. The van der Waals surface area contributed by atoms with Crippen molar-refractivity contribution in [2.75, 3.05) is 13.1 Å². The number of aliphatic hydroxyl groups is 1. The molecule has 1 aliphatic heterocycles. The Morgan fingerprint density at radius 2 is 1.52 bits per heavy atom. The maximum atomic E-state index is 13.9. The zero-order chi connectivity index (χ0) is 32.7. The lowest BCUT2D eigenvalue weighted by atomic mass is 9.92. The van der Waals surface area contributed by atoms with Crippen LogP contribution in [0, 0.1) is 0 Å². The Bertz CT molecular complexity index is 1300. The minimum absolute atomic E-state index is 0.147. The van der Waals surface area contributed by atoms with Crippen molar-refractivity contribution in [3.8, 4) is 0 Å². The molecule has 3 N–H and O–H groups in total. The number of amides is 4. The molecule has 3 atom stereocenters. The van der Waals surface area contributed by atoms with E-state index in [0.717, 1.165) is 16.7 Å². The van der Waals surface area contributed by atoms with Crippen LogP contribution in [0.25, 0.3) is 0 Å². The van der Waals surface area contributed by atoms with Crippen molar-refractivity contribution in [3.05, 3.63) is 71.3 Å². The highest BCUT2D eigenvalue weighted by molar-refractivity contribution is 5.88. The molecule has 2 aromatic rings. The first-order valence-corrected chi connectivity index (χ1v) is 14.8. The first-order valence-electron chi connectivity index (χ1n) is 14.8. The third kappa shape index (κ3) is 10.6. The third-order valence-corrected chi connectivity index (χ3v) is 6.76. The molecule has 0 radical (unpaired) electrons. The van der Waals surface area contributed by atoms with E-state index in [1.807, 2.05) is 48.5 Å². The van der Waals surface area contributed by atoms with E-state index in [2.05, 4.69) is 10.6 Å². The third-order valence-electron chi connectivity index (χ3n) is 6.76. The summed E-state index contributed by atoms with van der Waals surface area (Å²) in [5.41, 5.74) is 0.993. The summed E-state index contributed by atoms with van der Waals surface area (Å²) in [7, 11) is 0. The molecule has 0 saturated carbocycles. The lowest BCUT2D eigenvalue weighted by molar-refractivity contribution is -0.149. The van der Waals surface area contributed by atoms with E-state index in [0.29, 0.717) is 6.54 Å². The second-order valence-corrected chi connectivity index (χ2v) is 13.0. The highest BCUT2D eigenvalue weighted by atomic mass is 16.6. The van der Waals surface area contributed by atoms with Gasteiger partial charge in [0.2, 0.25) is 11.8 Å². The lowest BCUT2D eigenvalue weighted by Crippen LogP contribution is -2.66. The first-order chi connectivity index (χ1) is 20.5. The summed E-state index contributed by atoms with van der Waals surface area (Å²) in [6, 6.07) is 14.6. The average molecular weight is 611 g/mol. The molecule has 1 heterocycles.